The fourth-order valence-corrected chi connectivity index (χ4v) is 1.28. The van der Waals surface area contributed by atoms with E-state index in [1.807, 2.05) is 0 Å². The van der Waals surface area contributed by atoms with Crippen LogP contribution in [-0.4, -0.2) is 25.5 Å². The Morgan fingerprint density at radius 1 is 1.38 bits per heavy atom. The molecule has 0 saturated heterocycles. The van der Waals surface area contributed by atoms with Gasteiger partial charge in [0.15, 0.2) is 0 Å². The van der Waals surface area contributed by atoms with E-state index in [9.17, 15) is 9.59 Å². The predicted molar refractivity (Wildman–Crippen MR) is 60.4 cm³/mol. The number of rotatable bonds is 4. The SMILES string of the molecule is CNC(=O)CCOC(=O)c1ccccc1Cl. The number of carbonyl (C=O) groups excluding carboxylic acids is 2. The Balaban J connectivity index is 2.47. The Hall–Kier alpha value is -1.55. The molecule has 1 amide bonds. The van der Waals surface area contributed by atoms with Crippen molar-refractivity contribution >= 4 is 23.5 Å². The molecule has 1 rings (SSSR count). The fraction of sp³-hybridized carbons (Fsp3) is 0.273. The summed E-state index contributed by atoms with van der Waals surface area (Å²) in [6, 6.07) is 6.60. The molecule has 0 radical (unpaired) electrons. The molecule has 1 aromatic rings. The van der Waals surface area contributed by atoms with E-state index in [0.29, 0.717) is 10.6 Å². The van der Waals surface area contributed by atoms with Gasteiger partial charge in [0.05, 0.1) is 17.0 Å². The van der Waals surface area contributed by atoms with Crippen LogP contribution in [0.5, 0.6) is 0 Å². The van der Waals surface area contributed by atoms with E-state index in [2.05, 4.69) is 5.32 Å². The molecule has 16 heavy (non-hydrogen) atoms. The first-order valence-electron chi connectivity index (χ1n) is 4.77. The van der Waals surface area contributed by atoms with E-state index in [-0.39, 0.29) is 18.9 Å². The summed E-state index contributed by atoms with van der Waals surface area (Å²) < 4.78 is 4.90. The first kappa shape index (κ1) is 12.5. The normalized spacial score (nSPS) is 9.62. The number of hydrogen-bond acceptors (Lipinski definition) is 3. The zero-order chi connectivity index (χ0) is 12.0. The van der Waals surface area contributed by atoms with Gasteiger partial charge in [0.2, 0.25) is 5.91 Å². The number of hydrogen-bond donors (Lipinski definition) is 1. The van der Waals surface area contributed by atoms with Crippen molar-refractivity contribution in [1.82, 2.24) is 5.32 Å². The molecule has 1 aromatic carbocycles. The average molecular weight is 242 g/mol. The Morgan fingerprint density at radius 3 is 2.69 bits per heavy atom. The van der Waals surface area contributed by atoms with Crippen LogP contribution in [0.15, 0.2) is 24.3 Å². The molecular weight excluding hydrogens is 230 g/mol. The first-order chi connectivity index (χ1) is 7.65. The molecular formula is C11H12ClNO3. The van der Waals surface area contributed by atoms with Crippen molar-refractivity contribution in [1.29, 1.82) is 0 Å². The summed E-state index contributed by atoms with van der Waals surface area (Å²) >= 11 is 5.81. The smallest absolute Gasteiger partial charge is 0.339 e. The van der Waals surface area contributed by atoms with Crippen LogP contribution >= 0.6 is 11.6 Å². The molecule has 0 atom stereocenters. The van der Waals surface area contributed by atoms with Crippen molar-refractivity contribution in [3.05, 3.63) is 34.9 Å². The van der Waals surface area contributed by atoms with E-state index in [1.54, 1.807) is 24.3 Å². The summed E-state index contributed by atoms with van der Waals surface area (Å²) in [5.74, 6) is -0.693. The highest BCUT2D eigenvalue weighted by molar-refractivity contribution is 6.33. The molecule has 0 aliphatic carbocycles. The summed E-state index contributed by atoms with van der Waals surface area (Å²) in [5.41, 5.74) is 0.307. The fourth-order valence-electron chi connectivity index (χ4n) is 1.07. The van der Waals surface area contributed by atoms with E-state index in [0.717, 1.165) is 0 Å². The van der Waals surface area contributed by atoms with Gasteiger partial charge in [0.1, 0.15) is 6.61 Å². The van der Waals surface area contributed by atoms with Gasteiger partial charge in [-0.3, -0.25) is 4.79 Å². The second-order valence-electron chi connectivity index (χ2n) is 3.04. The molecule has 0 aliphatic heterocycles. The van der Waals surface area contributed by atoms with Crippen LogP contribution in [0.3, 0.4) is 0 Å². The maximum absolute atomic E-state index is 11.5. The Labute approximate surface area is 98.5 Å². The lowest BCUT2D eigenvalue weighted by molar-refractivity contribution is -0.121. The molecule has 0 bridgehead atoms. The topological polar surface area (TPSA) is 55.4 Å². The van der Waals surface area contributed by atoms with E-state index < -0.39 is 5.97 Å². The monoisotopic (exact) mass is 241 g/mol. The van der Waals surface area contributed by atoms with Gasteiger partial charge in [0.25, 0.3) is 0 Å². The number of carbonyl (C=O) groups is 2. The second-order valence-corrected chi connectivity index (χ2v) is 3.45. The molecule has 0 aromatic heterocycles. The standard InChI is InChI=1S/C11H12ClNO3/c1-13-10(14)6-7-16-11(15)8-4-2-3-5-9(8)12/h2-5H,6-7H2,1H3,(H,13,14). The summed E-state index contributed by atoms with van der Waals surface area (Å²) in [6.45, 7) is 0.0454. The summed E-state index contributed by atoms with van der Waals surface area (Å²) in [7, 11) is 1.53. The Bertz CT molecular complexity index is 393. The molecule has 0 heterocycles. The lowest BCUT2D eigenvalue weighted by atomic mass is 10.2. The minimum absolute atomic E-state index is 0.0454. The van der Waals surface area contributed by atoms with Gasteiger partial charge in [-0.15, -0.1) is 0 Å². The Kier molecular flexibility index (Phi) is 4.79. The lowest BCUT2D eigenvalue weighted by Crippen LogP contribution is -2.20. The minimum atomic E-state index is -0.519. The number of ether oxygens (including phenoxy) is 1. The van der Waals surface area contributed by atoms with Crippen LogP contribution in [0.4, 0.5) is 0 Å². The first-order valence-corrected chi connectivity index (χ1v) is 5.15. The number of nitrogens with one attached hydrogen (secondary N) is 1. The highest BCUT2D eigenvalue weighted by Gasteiger charge is 2.11. The van der Waals surface area contributed by atoms with Gasteiger partial charge >= 0.3 is 5.97 Å². The molecule has 5 heteroatoms. The quantitative estimate of drug-likeness (QED) is 0.816. The van der Waals surface area contributed by atoms with E-state index >= 15 is 0 Å². The molecule has 86 valence electrons. The maximum atomic E-state index is 11.5. The molecule has 1 N–H and O–H groups in total. The molecule has 0 unspecified atom stereocenters. The lowest BCUT2D eigenvalue weighted by Gasteiger charge is -2.05. The molecule has 0 saturated carbocycles. The third-order valence-corrected chi connectivity index (χ3v) is 2.26. The van der Waals surface area contributed by atoms with Crippen molar-refractivity contribution in [2.45, 2.75) is 6.42 Å². The van der Waals surface area contributed by atoms with Gasteiger partial charge in [-0.1, -0.05) is 23.7 Å². The largest absolute Gasteiger partial charge is 0.462 e. The third-order valence-electron chi connectivity index (χ3n) is 1.93. The van der Waals surface area contributed by atoms with Crippen LogP contribution in [0.2, 0.25) is 5.02 Å². The van der Waals surface area contributed by atoms with Crippen molar-refractivity contribution in [2.75, 3.05) is 13.7 Å². The Morgan fingerprint density at radius 2 is 2.06 bits per heavy atom. The van der Waals surface area contributed by atoms with Crippen LogP contribution in [0.1, 0.15) is 16.8 Å². The van der Waals surface area contributed by atoms with Crippen molar-refractivity contribution < 1.29 is 14.3 Å². The summed E-state index contributed by atoms with van der Waals surface area (Å²) in [4.78, 5) is 22.4. The van der Waals surface area contributed by atoms with Gasteiger partial charge in [-0.2, -0.15) is 0 Å². The van der Waals surface area contributed by atoms with Crippen molar-refractivity contribution in [3.8, 4) is 0 Å². The van der Waals surface area contributed by atoms with Crippen LogP contribution < -0.4 is 5.32 Å². The minimum Gasteiger partial charge on any atom is -0.462 e. The second kappa shape index (κ2) is 6.12. The highest BCUT2D eigenvalue weighted by atomic mass is 35.5. The van der Waals surface area contributed by atoms with Crippen LogP contribution in [0, 0.1) is 0 Å². The number of esters is 1. The third kappa shape index (κ3) is 3.55. The number of halogens is 1. The van der Waals surface area contributed by atoms with Gasteiger partial charge in [0, 0.05) is 7.05 Å². The average Bonchev–Trinajstić information content (AvgIpc) is 2.29. The number of amides is 1. The van der Waals surface area contributed by atoms with Crippen LogP contribution in [0.25, 0.3) is 0 Å². The zero-order valence-electron chi connectivity index (χ0n) is 8.83. The summed E-state index contributed by atoms with van der Waals surface area (Å²) in [6.07, 6.45) is 0.146. The molecule has 4 nitrogen and oxygen atoms in total. The van der Waals surface area contributed by atoms with E-state index in [1.165, 1.54) is 7.05 Å². The van der Waals surface area contributed by atoms with Crippen LogP contribution in [-0.2, 0) is 9.53 Å². The zero-order valence-corrected chi connectivity index (χ0v) is 9.58. The number of benzene rings is 1. The predicted octanol–water partition coefficient (Wildman–Crippen LogP) is 1.63. The van der Waals surface area contributed by atoms with Gasteiger partial charge < -0.3 is 10.1 Å². The molecule has 0 spiro atoms. The highest BCUT2D eigenvalue weighted by Crippen LogP contribution is 2.15. The molecule has 0 fully saturated rings. The summed E-state index contributed by atoms with van der Waals surface area (Å²) in [5, 5.41) is 2.77. The van der Waals surface area contributed by atoms with Crippen molar-refractivity contribution in [3.63, 3.8) is 0 Å². The van der Waals surface area contributed by atoms with E-state index in [4.69, 9.17) is 16.3 Å². The van der Waals surface area contributed by atoms with Gasteiger partial charge in [-0.05, 0) is 12.1 Å². The van der Waals surface area contributed by atoms with Crippen molar-refractivity contribution in [2.24, 2.45) is 0 Å². The maximum Gasteiger partial charge on any atom is 0.339 e. The van der Waals surface area contributed by atoms with Gasteiger partial charge in [-0.25, -0.2) is 4.79 Å². The molecule has 0 aliphatic rings.